The Morgan fingerprint density at radius 1 is 1.42 bits per heavy atom. The van der Waals surface area contributed by atoms with E-state index in [1.807, 2.05) is 31.2 Å². The fraction of sp³-hybridized carbons (Fsp3) is 0.222. The number of carbonyl (C=O) groups is 1. The second-order valence-electron chi connectivity index (χ2n) is 2.76. The van der Waals surface area contributed by atoms with Gasteiger partial charge in [0.15, 0.2) is 0 Å². The summed E-state index contributed by atoms with van der Waals surface area (Å²) in [5, 5.41) is 2.63. The molecule has 1 aromatic rings. The Morgan fingerprint density at radius 2 is 2.17 bits per heavy atom. The fourth-order valence-corrected chi connectivity index (χ4v) is 1.33. The van der Waals surface area contributed by atoms with Crippen molar-refractivity contribution in [3.8, 4) is 0 Å². The summed E-state index contributed by atoms with van der Waals surface area (Å²) in [6.07, 6.45) is -0.517. The lowest BCUT2D eigenvalue weighted by Gasteiger charge is -2.22. The second-order valence-corrected chi connectivity index (χ2v) is 2.76. The Hall–Kier alpha value is -1.51. The number of para-hydroxylation sites is 1. The lowest BCUT2D eigenvalue weighted by molar-refractivity contribution is 0.116. The van der Waals surface area contributed by atoms with Crippen LogP contribution in [-0.2, 0) is 4.74 Å². The van der Waals surface area contributed by atoms with Crippen molar-refractivity contribution in [1.82, 2.24) is 0 Å². The first kappa shape index (κ1) is 7.16. The van der Waals surface area contributed by atoms with E-state index in [0.717, 1.165) is 11.3 Å². The zero-order valence-corrected chi connectivity index (χ0v) is 6.70. The van der Waals surface area contributed by atoms with Crippen molar-refractivity contribution in [3.63, 3.8) is 0 Å². The minimum absolute atomic E-state index is 0.144. The molecule has 1 aliphatic heterocycles. The molecule has 3 heteroatoms. The summed E-state index contributed by atoms with van der Waals surface area (Å²) in [7, 11) is 0. The molecule has 1 aliphatic rings. The molecule has 1 atom stereocenters. The highest BCUT2D eigenvalue weighted by atomic mass is 16.6. The molecule has 0 fully saturated rings. The topological polar surface area (TPSA) is 38.3 Å². The molecule has 1 aromatic carbocycles. The number of benzene rings is 1. The van der Waals surface area contributed by atoms with Gasteiger partial charge in [-0.2, -0.15) is 0 Å². The smallest absolute Gasteiger partial charge is 0.412 e. The molecule has 12 heavy (non-hydrogen) atoms. The minimum atomic E-state index is -0.374. The minimum Gasteiger partial charge on any atom is -0.441 e. The molecule has 3 nitrogen and oxygen atoms in total. The summed E-state index contributed by atoms with van der Waals surface area (Å²) in [5.74, 6) is 0. The van der Waals surface area contributed by atoms with Gasteiger partial charge in [0.2, 0.25) is 0 Å². The summed E-state index contributed by atoms with van der Waals surface area (Å²) < 4.78 is 4.96. The van der Waals surface area contributed by atoms with Gasteiger partial charge in [0.1, 0.15) is 6.10 Å². The number of hydrogen-bond donors (Lipinski definition) is 1. The Balaban J connectivity index is 2.47. The van der Waals surface area contributed by atoms with Crippen LogP contribution in [0.4, 0.5) is 10.5 Å². The summed E-state index contributed by atoms with van der Waals surface area (Å²) in [4.78, 5) is 10.9. The third kappa shape index (κ3) is 1.03. The van der Waals surface area contributed by atoms with E-state index in [4.69, 9.17) is 4.74 Å². The molecule has 0 radical (unpaired) electrons. The number of ether oxygens (including phenoxy) is 1. The quantitative estimate of drug-likeness (QED) is 0.637. The Kier molecular flexibility index (Phi) is 1.50. The van der Waals surface area contributed by atoms with Gasteiger partial charge in [0, 0.05) is 5.56 Å². The van der Waals surface area contributed by atoms with Crippen molar-refractivity contribution >= 4 is 11.8 Å². The molecule has 1 amide bonds. The first-order chi connectivity index (χ1) is 5.77. The van der Waals surface area contributed by atoms with Gasteiger partial charge in [-0.25, -0.2) is 4.79 Å². The number of carbonyl (C=O) groups excluding carboxylic acids is 1. The normalized spacial score (nSPS) is 20.8. The third-order valence-electron chi connectivity index (χ3n) is 1.92. The van der Waals surface area contributed by atoms with Crippen molar-refractivity contribution < 1.29 is 9.53 Å². The van der Waals surface area contributed by atoms with Crippen LogP contribution < -0.4 is 5.32 Å². The van der Waals surface area contributed by atoms with E-state index in [2.05, 4.69) is 5.32 Å². The molecule has 2 rings (SSSR count). The van der Waals surface area contributed by atoms with Crippen LogP contribution in [0.2, 0.25) is 0 Å². The first-order valence-electron chi connectivity index (χ1n) is 3.84. The average molecular weight is 163 g/mol. The number of fused-ring (bicyclic) bond motifs is 1. The van der Waals surface area contributed by atoms with Crippen LogP contribution in [0.5, 0.6) is 0 Å². The SMILES string of the molecule is CC1OC(=O)Nc2ccccc21. The molecule has 1 unspecified atom stereocenters. The van der Waals surface area contributed by atoms with Gasteiger partial charge in [-0.15, -0.1) is 0 Å². The molecule has 0 aliphatic carbocycles. The van der Waals surface area contributed by atoms with E-state index in [1.54, 1.807) is 0 Å². The number of amides is 1. The van der Waals surface area contributed by atoms with Crippen LogP contribution in [0.25, 0.3) is 0 Å². The van der Waals surface area contributed by atoms with E-state index in [0.29, 0.717) is 0 Å². The van der Waals surface area contributed by atoms with Crippen molar-refractivity contribution in [2.45, 2.75) is 13.0 Å². The summed E-state index contributed by atoms with van der Waals surface area (Å²) >= 11 is 0. The molecule has 62 valence electrons. The van der Waals surface area contributed by atoms with Crippen LogP contribution in [-0.4, -0.2) is 6.09 Å². The highest BCUT2D eigenvalue weighted by molar-refractivity contribution is 5.87. The van der Waals surface area contributed by atoms with E-state index in [1.165, 1.54) is 0 Å². The Bertz CT molecular complexity index is 322. The van der Waals surface area contributed by atoms with Gasteiger partial charge in [0.25, 0.3) is 0 Å². The molecule has 1 heterocycles. The van der Waals surface area contributed by atoms with Crippen LogP contribution in [0.1, 0.15) is 18.6 Å². The number of cyclic esters (lactones) is 1. The summed E-state index contributed by atoms with van der Waals surface area (Å²) in [6.45, 7) is 1.86. The standard InChI is InChI=1S/C9H9NO2/c1-6-7-4-2-3-5-8(7)10-9(11)12-6/h2-6H,1H3,(H,10,11). The van der Waals surface area contributed by atoms with E-state index >= 15 is 0 Å². The van der Waals surface area contributed by atoms with Crippen LogP contribution in [0.3, 0.4) is 0 Å². The van der Waals surface area contributed by atoms with Crippen LogP contribution in [0, 0.1) is 0 Å². The molecular weight excluding hydrogens is 154 g/mol. The van der Waals surface area contributed by atoms with E-state index in [9.17, 15) is 4.79 Å². The second kappa shape index (κ2) is 2.52. The number of nitrogens with one attached hydrogen (secondary N) is 1. The highest BCUT2D eigenvalue weighted by Gasteiger charge is 2.21. The largest absolute Gasteiger partial charge is 0.441 e. The summed E-state index contributed by atoms with van der Waals surface area (Å²) in [5.41, 5.74) is 1.87. The van der Waals surface area contributed by atoms with Crippen molar-refractivity contribution in [2.24, 2.45) is 0 Å². The van der Waals surface area contributed by atoms with Gasteiger partial charge in [0.05, 0.1) is 5.69 Å². The van der Waals surface area contributed by atoms with Gasteiger partial charge in [-0.1, -0.05) is 18.2 Å². The van der Waals surface area contributed by atoms with Gasteiger partial charge >= 0.3 is 6.09 Å². The molecule has 0 bridgehead atoms. The predicted molar refractivity (Wildman–Crippen MR) is 45.0 cm³/mol. The predicted octanol–water partition coefficient (Wildman–Crippen LogP) is 2.31. The zero-order chi connectivity index (χ0) is 8.55. The molecule has 0 saturated carbocycles. The van der Waals surface area contributed by atoms with Crippen molar-refractivity contribution in [2.75, 3.05) is 5.32 Å². The molecule has 0 spiro atoms. The van der Waals surface area contributed by atoms with Gasteiger partial charge in [-0.05, 0) is 13.0 Å². The van der Waals surface area contributed by atoms with Gasteiger partial charge < -0.3 is 4.74 Å². The monoisotopic (exact) mass is 163 g/mol. The van der Waals surface area contributed by atoms with Crippen molar-refractivity contribution in [1.29, 1.82) is 0 Å². The molecular formula is C9H9NO2. The summed E-state index contributed by atoms with van der Waals surface area (Å²) in [6, 6.07) is 7.62. The first-order valence-corrected chi connectivity index (χ1v) is 3.84. The van der Waals surface area contributed by atoms with Gasteiger partial charge in [-0.3, -0.25) is 5.32 Å². The van der Waals surface area contributed by atoms with Crippen molar-refractivity contribution in [3.05, 3.63) is 29.8 Å². The van der Waals surface area contributed by atoms with Crippen LogP contribution in [0.15, 0.2) is 24.3 Å². The Labute approximate surface area is 70.3 Å². The molecule has 1 N–H and O–H groups in total. The number of rotatable bonds is 0. The fourth-order valence-electron chi connectivity index (χ4n) is 1.33. The highest BCUT2D eigenvalue weighted by Crippen LogP contribution is 2.29. The Morgan fingerprint density at radius 3 is 3.00 bits per heavy atom. The maximum atomic E-state index is 10.9. The third-order valence-corrected chi connectivity index (χ3v) is 1.92. The number of anilines is 1. The lowest BCUT2D eigenvalue weighted by Crippen LogP contribution is -2.22. The van der Waals surface area contributed by atoms with Crippen LogP contribution >= 0.6 is 0 Å². The number of hydrogen-bond acceptors (Lipinski definition) is 2. The molecule has 0 aromatic heterocycles. The maximum Gasteiger partial charge on any atom is 0.412 e. The lowest BCUT2D eigenvalue weighted by atomic mass is 10.1. The molecule has 0 saturated heterocycles. The average Bonchev–Trinajstić information content (AvgIpc) is 2.04. The maximum absolute atomic E-state index is 10.9. The zero-order valence-electron chi connectivity index (χ0n) is 6.70. The van der Waals surface area contributed by atoms with E-state index in [-0.39, 0.29) is 12.2 Å². The van der Waals surface area contributed by atoms with E-state index < -0.39 is 0 Å².